The third-order valence-electron chi connectivity index (χ3n) is 5.54. The number of anilines is 1. The van der Waals surface area contributed by atoms with E-state index < -0.39 is 0 Å². The number of methoxy groups -OCH3 is 3. The maximum absolute atomic E-state index is 12.8. The number of hydrogen-bond acceptors (Lipinski definition) is 9. The fraction of sp³-hybridized carbons (Fsp3) is 0.192. The number of benzene rings is 2. The molecule has 4 aromatic rings. The molecule has 0 spiro atoms. The van der Waals surface area contributed by atoms with Crippen molar-refractivity contribution in [3.8, 4) is 45.1 Å². The second-order valence-corrected chi connectivity index (χ2v) is 8.78. The van der Waals surface area contributed by atoms with Gasteiger partial charge in [0.25, 0.3) is 0 Å². The van der Waals surface area contributed by atoms with Gasteiger partial charge in [-0.05, 0) is 48.9 Å². The summed E-state index contributed by atoms with van der Waals surface area (Å²) < 4.78 is 28.6. The van der Waals surface area contributed by atoms with Gasteiger partial charge < -0.3 is 29.0 Å². The molecule has 11 heteroatoms. The number of carbonyl (C=O) groups is 1. The summed E-state index contributed by atoms with van der Waals surface area (Å²) in [6.07, 6.45) is 3.09. The lowest BCUT2D eigenvalue weighted by Crippen LogP contribution is -2.12. The highest BCUT2D eigenvalue weighted by molar-refractivity contribution is 7.12. The molecule has 0 saturated carbocycles. The van der Waals surface area contributed by atoms with Crippen LogP contribution in [0.3, 0.4) is 0 Å². The fourth-order valence-electron chi connectivity index (χ4n) is 3.82. The molecule has 1 N–H and O–H groups in total. The first-order valence-corrected chi connectivity index (χ1v) is 12.1. The van der Waals surface area contributed by atoms with E-state index in [4.69, 9.17) is 28.7 Å². The maximum atomic E-state index is 12.8. The van der Waals surface area contributed by atoms with E-state index in [1.165, 1.54) is 38.7 Å². The van der Waals surface area contributed by atoms with E-state index in [2.05, 4.69) is 10.4 Å². The van der Waals surface area contributed by atoms with E-state index >= 15 is 0 Å². The zero-order valence-corrected chi connectivity index (χ0v) is 21.4. The van der Waals surface area contributed by atoms with Gasteiger partial charge in [-0.15, -0.1) is 11.3 Å². The van der Waals surface area contributed by atoms with Gasteiger partial charge >= 0.3 is 0 Å². The van der Waals surface area contributed by atoms with Crippen molar-refractivity contribution >= 4 is 29.1 Å². The molecule has 1 amide bonds. The molecule has 3 heterocycles. The summed E-state index contributed by atoms with van der Waals surface area (Å²) in [5.41, 5.74) is 3.12. The number of nitrogens with one attached hydrogen (secondary N) is 1. The Kier molecular flexibility index (Phi) is 6.69. The third kappa shape index (κ3) is 4.94. The normalized spacial score (nSPS) is 12.1. The highest BCUT2D eigenvalue weighted by atomic mass is 32.1. The zero-order valence-electron chi connectivity index (χ0n) is 20.6. The molecule has 190 valence electrons. The van der Waals surface area contributed by atoms with Gasteiger partial charge in [-0.2, -0.15) is 9.78 Å². The lowest BCUT2D eigenvalue weighted by Gasteiger charge is -2.12. The molecule has 0 unspecified atom stereocenters. The van der Waals surface area contributed by atoms with E-state index in [0.29, 0.717) is 45.3 Å². The molecule has 0 fully saturated rings. The summed E-state index contributed by atoms with van der Waals surface area (Å²) >= 11 is 1.42. The number of aryl methyl sites for hydroxylation is 1. The number of ether oxygens (including phenoxy) is 5. The number of carbonyl (C=O) groups excluding carboxylic acids is 1. The van der Waals surface area contributed by atoms with Crippen molar-refractivity contribution in [2.24, 2.45) is 0 Å². The molecule has 1 aliphatic rings. The van der Waals surface area contributed by atoms with Crippen LogP contribution in [0.5, 0.6) is 28.7 Å². The van der Waals surface area contributed by atoms with Crippen LogP contribution in [0, 0.1) is 6.92 Å². The topological polar surface area (TPSA) is 106 Å². The molecule has 0 saturated heterocycles. The minimum Gasteiger partial charge on any atom is -0.493 e. The Morgan fingerprint density at radius 3 is 2.54 bits per heavy atom. The molecule has 5 rings (SSSR count). The molecular weight excluding hydrogens is 496 g/mol. The second-order valence-electron chi connectivity index (χ2n) is 7.95. The smallest absolute Gasteiger partial charge is 0.249 e. The molecule has 0 aliphatic carbocycles. The van der Waals surface area contributed by atoms with Crippen LogP contribution in [0.2, 0.25) is 0 Å². The number of amides is 1. The summed E-state index contributed by atoms with van der Waals surface area (Å²) in [7, 11) is 4.62. The van der Waals surface area contributed by atoms with Crippen molar-refractivity contribution in [1.82, 2.24) is 14.8 Å². The fourth-order valence-corrected chi connectivity index (χ4v) is 4.62. The number of fused-ring (bicyclic) bond motifs is 1. The van der Waals surface area contributed by atoms with E-state index in [9.17, 15) is 4.79 Å². The average molecular weight is 521 g/mol. The van der Waals surface area contributed by atoms with Gasteiger partial charge in [0.1, 0.15) is 5.82 Å². The summed E-state index contributed by atoms with van der Waals surface area (Å²) in [5, 5.41) is 9.94. The van der Waals surface area contributed by atoms with Crippen molar-refractivity contribution in [1.29, 1.82) is 0 Å². The monoisotopic (exact) mass is 520 g/mol. The van der Waals surface area contributed by atoms with Crippen molar-refractivity contribution in [3.63, 3.8) is 0 Å². The Bertz CT molecular complexity index is 1470. The number of nitrogens with zero attached hydrogens (tertiary/aromatic N) is 3. The van der Waals surface area contributed by atoms with Gasteiger partial charge in [-0.25, -0.2) is 4.98 Å². The Balaban J connectivity index is 1.35. The van der Waals surface area contributed by atoms with Crippen LogP contribution in [0.25, 0.3) is 22.5 Å². The molecule has 10 nitrogen and oxygen atoms in total. The van der Waals surface area contributed by atoms with E-state index in [-0.39, 0.29) is 12.7 Å². The standard InChI is InChI=1S/C26H24N4O6S/c1-15-9-23(28-24(31)8-5-16-10-21(32-2)25(34-4)22(11-16)33-3)30(29-15)26-27-18(13-37-26)17-6-7-19-20(12-17)36-14-35-19/h5-13H,14H2,1-4H3,(H,28,31)/b8-5+. The highest BCUT2D eigenvalue weighted by Crippen LogP contribution is 2.39. The molecule has 0 radical (unpaired) electrons. The van der Waals surface area contributed by atoms with E-state index in [0.717, 1.165) is 17.0 Å². The van der Waals surface area contributed by atoms with Crippen molar-refractivity contribution in [2.45, 2.75) is 6.92 Å². The Morgan fingerprint density at radius 2 is 1.81 bits per heavy atom. The van der Waals surface area contributed by atoms with Crippen molar-refractivity contribution in [3.05, 3.63) is 59.1 Å². The Labute approximate surface area is 217 Å². The summed E-state index contributed by atoms with van der Waals surface area (Å²) in [4.78, 5) is 17.5. The SMILES string of the molecule is COc1cc(/C=C/C(=O)Nc2cc(C)nn2-c2nc(-c3ccc4c(c3)OCO4)cs2)cc(OC)c1OC. The predicted molar refractivity (Wildman–Crippen MR) is 139 cm³/mol. The van der Waals surface area contributed by atoms with Crippen molar-refractivity contribution in [2.75, 3.05) is 33.4 Å². The van der Waals surface area contributed by atoms with Crippen LogP contribution in [0.15, 0.2) is 47.9 Å². The zero-order chi connectivity index (χ0) is 25.9. The predicted octanol–water partition coefficient (Wildman–Crippen LogP) is 4.71. The Hall–Kier alpha value is -4.51. The first-order valence-electron chi connectivity index (χ1n) is 11.2. The average Bonchev–Trinajstić information content (AvgIpc) is 3.66. The largest absolute Gasteiger partial charge is 0.493 e. The van der Waals surface area contributed by atoms with Crippen LogP contribution in [-0.4, -0.2) is 48.8 Å². The first kappa shape index (κ1) is 24.2. The van der Waals surface area contributed by atoms with Crippen LogP contribution in [-0.2, 0) is 4.79 Å². The number of rotatable bonds is 8. The minimum atomic E-state index is -0.331. The molecule has 37 heavy (non-hydrogen) atoms. The van der Waals surface area contributed by atoms with Crippen LogP contribution < -0.4 is 29.0 Å². The van der Waals surface area contributed by atoms with Crippen LogP contribution in [0.4, 0.5) is 5.82 Å². The lowest BCUT2D eigenvalue weighted by atomic mass is 10.1. The van der Waals surface area contributed by atoms with E-state index in [1.807, 2.05) is 30.5 Å². The minimum absolute atomic E-state index is 0.213. The molecule has 2 aromatic heterocycles. The Morgan fingerprint density at radius 1 is 1.05 bits per heavy atom. The molecular formula is C26H24N4O6S. The molecule has 0 bridgehead atoms. The molecule has 1 aliphatic heterocycles. The van der Waals surface area contributed by atoms with Gasteiger partial charge in [-0.3, -0.25) is 4.79 Å². The number of aromatic nitrogens is 3. The number of hydrogen-bond donors (Lipinski definition) is 1. The van der Waals surface area contributed by atoms with Gasteiger partial charge in [0.05, 0.1) is 32.7 Å². The summed E-state index contributed by atoms with van der Waals surface area (Å²) in [5.74, 6) is 3.05. The lowest BCUT2D eigenvalue weighted by molar-refractivity contribution is -0.111. The number of thiazole rings is 1. The summed E-state index contributed by atoms with van der Waals surface area (Å²) in [6.45, 7) is 2.06. The molecule has 2 aromatic carbocycles. The van der Waals surface area contributed by atoms with E-state index in [1.54, 1.807) is 29.0 Å². The van der Waals surface area contributed by atoms with Gasteiger partial charge in [0, 0.05) is 23.1 Å². The van der Waals surface area contributed by atoms with Gasteiger partial charge in [0.2, 0.25) is 23.6 Å². The van der Waals surface area contributed by atoms with Crippen LogP contribution >= 0.6 is 11.3 Å². The third-order valence-corrected chi connectivity index (χ3v) is 6.35. The van der Waals surface area contributed by atoms with Gasteiger partial charge in [0.15, 0.2) is 23.0 Å². The van der Waals surface area contributed by atoms with Crippen molar-refractivity contribution < 1.29 is 28.5 Å². The maximum Gasteiger partial charge on any atom is 0.249 e. The summed E-state index contributed by atoms with van der Waals surface area (Å²) in [6, 6.07) is 11.0. The van der Waals surface area contributed by atoms with Gasteiger partial charge in [-0.1, -0.05) is 0 Å². The van der Waals surface area contributed by atoms with Crippen LogP contribution in [0.1, 0.15) is 11.3 Å². The first-order chi connectivity index (χ1) is 18.0. The quantitative estimate of drug-likeness (QED) is 0.333. The highest BCUT2D eigenvalue weighted by Gasteiger charge is 2.17. The molecule has 0 atom stereocenters. The second kappa shape index (κ2) is 10.2.